The van der Waals surface area contributed by atoms with Crippen LogP contribution in [0.5, 0.6) is 5.75 Å². The molecular weight excluding hydrogens is 390 g/mol. The third-order valence-electron chi connectivity index (χ3n) is 5.10. The minimum Gasteiger partial charge on any atom is -0.488 e. The summed E-state index contributed by atoms with van der Waals surface area (Å²) >= 11 is 0. The van der Waals surface area contributed by atoms with Gasteiger partial charge in [-0.1, -0.05) is 78.9 Å². The lowest BCUT2D eigenvalue weighted by atomic mass is 9.98. The van der Waals surface area contributed by atoms with Crippen molar-refractivity contribution in [2.24, 2.45) is 0 Å². The highest BCUT2D eigenvalue weighted by Crippen LogP contribution is 2.26. The Balaban J connectivity index is 1.46. The maximum atomic E-state index is 12.9. The smallest absolute Gasteiger partial charge is 0.338 e. The van der Waals surface area contributed by atoms with E-state index < -0.39 is 12.1 Å². The molecule has 5 nitrogen and oxygen atoms in total. The van der Waals surface area contributed by atoms with E-state index in [0.29, 0.717) is 5.57 Å². The molecule has 0 fully saturated rings. The van der Waals surface area contributed by atoms with Crippen molar-refractivity contribution in [2.75, 3.05) is 6.61 Å². The van der Waals surface area contributed by atoms with Crippen molar-refractivity contribution < 1.29 is 19.1 Å². The molecule has 1 heterocycles. The largest absolute Gasteiger partial charge is 0.488 e. The molecule has 1 aliphatic rings. The molecule has 3 aromatic carbocycles. The van der Waals surface area contributed by atoms with E-state index in [9.17, 15) is 9.59 Å². The van der Waals surface area contributed by atoms with Gasteiger partial charge in [-0.25, -0.2) is 4.79 Å². The molecule has 5 heteroatoms. The summed E-state index contributed by atoms with van der Waals surface area (Å²) in [5, 5.41) is 3.01. The van der Waals surface area contributed by atoms with Crippen LogP contribution in [0, 0.1) is 0 Å². The van der Waals surface area contributed by atoms with Crippen molar-refractivity contribution in [1.29, 1.82) is 0 Å². The van der Waals surface area contributed by atoms with E-state index in [4.69, 9.17) is 9.47 Å². The standard InChI is InChI=1S/C26H23NO4/c1-18(31-26(29)22-16-21-14-8-9-15-23(21)30-17-22)25(28)27-24(19-10-4-2-5-11-19)20-12-6-3-7-13-20/h2-16,18,24H,17H2,1H3,(H,27,28)/t18-/m0/s1. The minimum atomic E-state index is -0.958. The summed E-state index contributed by atoms with van der Waals surface area (Å²) in [6, 6.07) is 26.5. The van der Waals surface area contributed by atoms with Crippen molar-refractivity contribution >= 4 is 18.0 Å². The molecule has 31 heavy (non-hydrogen) atoms. The van der Waals surface area contributed by atoms with Crippen molar-refractivity contribution in [3.8, 4) is 5.75 Å². The Morgan fingerprint density at radius 2 is 1.45 bits per heavy atom. The molecular formula is C26H23NO4. The van der Waals surface area contributed by atoms with Gasteiger partial charge in [-0.05, 0) is 30.2 Å². The zero-order chi connectivity index (χ0) is 21.6. The fourth-order valence-electron chi connectivity index (χ4n) is 3.43. The van der Waals surface area contributed by atoms with Gasteiger partial charge < -0.3 is 14.8 Å². The number of hydrogen-bond donors (Lipinski definition) is 1. The average molecular weight is 413 g/mol. The lowest BCUT2D eigenvalue weighted by Gasteiger charge is -2.23. The maximum Gasteiger partial charge on any atom is 0.338 e. The predicted molar refractivity (Wildman–Crippen MR) is 118 cm³/mol. The van der Waals surface area contributed by atoms with E-state index in [1.54, 1.807) is 13.0 Å². The lowest BCUT2D eigenvalue weighted by Crippen LogP contribution is -2.39. The van der Waals surface area contributed by atoms with Gasteiger partial charge >= 0.3 is 5.97 Å². The fourth-order valence-corrected chi connectivity index (χ4v) is 3.43. The second-order valence-corrected chi connectivity index (χ2v) is 7.31. The number of carbonyl (C=O) groups excluding carboxylic acids is 2. The Bertz CT molecular complexity index is 1050. The first-order valence-electron chi connectivity index (χ1n) is 10.2. The van der Waals surface area contributed by atoms with Crippen LogP contribution in [0.25, 0.3) is 6.08 Å². The van der Waals surface area contributed by atoms with E-state index in [0.717, 1.165) is 22.4 Å². The van der Waals surface area contributed by atoms with Crippen LogP contribution >= 0.6 is 0 Å². The number of para-hydroxylation sites is 1. The first kappa shape index (κ1) is 20.4. The van der Waals surface area contributed by atoms with Gasteiger partial charge in [0.2, 0.25) is 0 Å². The molecule has 0 aliphatic carbocycles. The Hall–Kier alpha value is -3.86. The van der Waals surface area contributed by atoms with E-state index in [-0.39, 0.29) is 18.6 Å². The molecule has 1 aliphatic heterocycles. The third-order valence-corrected chi connectivity index (χ3v) is 5.10. The minimum absolute atomic E-state index is 0.112. The summed E-state index contributed by atoms with van der Waals surface area (Å²) in [6.07, 6.45) is 0.781. The highest BCUT2D eigenvalue weighted by atomic mass is 16.6. The fraction of sp³-hybridized carbons (Fsp3) is 0.154. The van der Waals surface area contributed by atoms with Crippen LogP contribution in [0.3, 0.4) is 0 Å². The van der Waals surface area contributed by atoms with Crippen molar-refractivity contribution in [3.05, 3.63) is 107 Å². The van der Waals surface area contributed by atoms with Gasteiger partial charge in [-0.2, -0.15) is 0 Å². The monoisotopic (exact) mass is 413 g/mol. The topological polar surface area (TPSA) is 64.6 Å². The van der Waals surface area contributed by atoms with Gasteiger partial charge in [0.25, 0.3) is 5.91 Å². The van der Waals surface area contributed by atoms with Gasteiger partial charge in [-0.3, -0.25) is 4.79 Å². The molecule has 0 saturated carbocycles. The second-order valence-electron chi connectivity index (χ2n) is 7.31. The van der Waals surface area contributed by atoms with E-state index in [2.05, 4.69) is 5.32 Å². The molecule has 1 atom stereocenters. The SMILES string of the molecule is C[C@H](OC(=O)C1=Cc2ccccc2OC1)C(=O)NC(c1ccccc1)c1ccccc1. The van der Waals surface area contributed by atoms with E-state index >= 15 is 0 Å². The summed E-state index contributed by atoms with van der Waals surface area (Å²) in [4.78, 5) is 25.5. The summed E-state index contributed by atoms with van der Waals surface area (Å²) < 4.78 is 11.0. The summed E-state index contributed by atoms with van der Waals surface area (Å²) in [6.45, 7) is 1.68. The zero-order valence-electron chi connectivity index (χ0n) is 17.2. The van der Waals surface area contributed by atoms with Gasteiger partial charge in [-0.15, -0.1) is 0 Å². The molecule has 0 radical (unpaired) electrons. The highest BCUT2D eigenvalue weighted by Gasteiger charge is 2.25. The normalized spacial score (nSPS) is 13.4. The van der Waals surface area contributed by atoms with Crippen LogP contribution in [0.15, 0.2) is 90.5 Å². The van der Waals surface area contributed by atoms with Crippen LogP contribution in [0.2, 0.25) is 0 Å². The summed E-state index contributed by atoms with van der Waals surface area (Å²) in [7, 11) is 0. The van der Waals surface area contributed by atoms with Gasteiger partial charge in [0.1, 0.15) is 12.4 Å². The Morgan fingerprint density at radius 1 is 0.871 bits per heavy atom. The van der Waals surface area contributed by atoms with E-state index in [1.165, 1.54) is 0 Å². The van der Waals surface area contributed by atoms with Gasteiger partial charge in [0.05, 0.1) is 11.6 Å². The zero-order valence-corrected chi connectivity index (χ0v) is 17.2. The number of amides is 1. The number of nitrogens with one attached hydrogen (secondary N) is 1. The molecule has 0 saturated heterocycles. The molecule has 3 aromatic rings. The number of benzene rings is 3. The van der Waals surface area contributed by atoms with Crippen LogP contribution in [-0.4, -0.2) is 24.6 Å². The Kier molecular flexibility index (Phi) is 6.13. The quantitative estimate of drug-likeness (QED) is 0.612. The molecule has 1 amide bonds. The van der Waals surface area contributed by atoms with Crippen LogP contribution in [0.1, 0.15) is 29.7 Å². The molecule has 1 N–H and O–H groups in total. The molecule has 0 aromatic heterocycles. The van der Waals surface area contributed by atoms with E-state index in [1.807, 2.05) is 84.9 Å². The Labute approximate surface area is 181 Å². The number of rotatable bonds is 6. The molecule has 0 spiro atoms. The van der Waals surface area contributed by atoms with Crippen molar-refractivity contribution in [2.45, 2.75) is 19.1 Å². The third kappa shape index (κ3) is 4.83. The number of carbonyl (C=O) groups is 2. The first-order valence-corrected chi connectivity index (χ1v) is 10.2. The highest BCUT2D eigenvalue weighted by molar-refractivity contribution is 5.97. The second kappa shape index (κ2) is 9.30. The number of hydrogen-bond acceptors (Lipinski definition) is 4. The molecule has 0 bridgehead atoms. The Morgan fingerprint density at radius 3 is 2.10 bits per heavy atom. The number of ether oxygens (including phenoxy) is 2. The molecule has 4 rings (SSSR count). The van der Waals surface area contributed by atoms with Crippen LogP contribution in [0.4, 0.5) is 0 Å². The maximum absolute atomic E-state index is 12.9. The lowest BCUT2D eigenvalue weighted by molar-refractivity contribution is -0.151. The van der Waals surface area contributed by atoms with Crippen molar-refractivity contribution in [3.63, 3.8) is 0 Å². The van der Waals surface area contributed by atoms with Gasteiger partial charge in [0, 0.05) is 5.56 Å². The number of esters is 1. The van der Waals surface area contributed by atoms with Crippen LogP contribution in [-0.2, 0) is 14.3 Å². The summed E-state index contributed by atoms with van der Waals surface area (Å²) in [5.41, 5.74) is 3.08. The van der Waals surface area contributed by atoms with Crippen LogP contribution < -0.4 is 10.1 Å². The predicted octanol–water partition coefficient (Wildman–Crippen LogP) is 4.30. The molecule has 156 valence electrons. The first-order chi connectivity index (χ1) is 15.1. The van der Waals surface area contributed by atoms with Gasteiger partial charge in [0.15, 0.2) is 6.10 Å². The number of fused-ring (bicyclic) bond motifs is 1. The molecule has 0 unspecified atom stereocenters. The van der Waals surface area contributed by atoms with Crippen molar-refractivity contribution in [1.82, 2.24) is 5.32 Å². The summed E-state index contributed by atoms with van der Waals surface area (Å²) in [5.74, 6) is -0.213. The average Bonchev–Trinajstić information content (AvgIpc) is 2.83.